The summed E-state index contributed by atoms with van der Waals surface area (Å²) in [6.45, 7) is 0.591. The van der Waals surface area contributed by atoms with Crippen LogP contribution >= 0.6 is 0 Å². The number of amides is 2. The largest absolute Gasteiger partial charge is 0.353 e. The molecule has 3 aromatic rings. The molecule has 10 nitrogen and oxygen atoms in total. The third kappa shape index (κ3) is 3.72. The van der Waals surface area contributed by atoms with Gasteiger partial charge in [-0.3, -0.25) is 14.3 Å². The van der Waals surface area contributed by atoms with E-state index in [0.717, 1.165) is 0 Å². The highest BCUT2D eigenvalue weighted by molar-refractivity contribution is 7.92. The molecule has 4 N–H and O–H groups in total. The van der Waals surface area contributed by atoms with Gasteiger partial charge in [-0.25, -0.2) is 13.2 Å². The van der Waals surface area contributed by atoms with E-state index in [-0.39, 0.29) is 28.6 Å². The Balaban J connectivity index is 1.65. The molecule has 1 aliphatic rings. The minimum absolute atomic E-state index is 0.0696. The Labute approximate surface area is 165 Å². The molecule has 1 saturated heterocycles. The van der Waals surface area contributed by atoms with Crippen LogP contribution in [0.2, 0.25) is 0 Å². The molecule has 0 saturated carbocycles. The standard InChI is InChI=1S/C18H17N5O5S/c24-16-10-23(8-7-19-16)17(25)12-3-1-2-4-13(12)22-29(27,28)11-5-6-14-15(9-11)21-18(26)20-14/h1-6,9,22H,7-8,10H2,(H,19,24)(H2,20,21,26). The average Bonchev–Trinajstić information content (AvgIpc) is 3.07. The van der Waals surface area contributed by atoms with Crippen molar-refractivity contribution in [3.63, 3.8) is 0 Å². The Morgan fingerprint density at radius 2 is 1.79 bits per heavy atom. The molecule has 0 spiro atoms. The van der Waals surface area contributed by atoms with Crippen LogP contribution in [0.1, 0.15) is 10.4 Å². The van der Waals surface area contributed by atoms with E-state index >= 15 is 0 Å². The van der Waals surface area contributed by atoms with Crippen molar-refractivity contribution in [3.05, 3.63) is 58.5 Å². The van der Waals surface area contributed by atoms with E-state index in [9.17, 15) is 22.8 Å². The molecular weight excluding hydrogens is 398 g/mol. The Bertz CT molecular complexity index is 1280. The highest BCUT2D eigenvalue weighted by Gasteiger charge is 2.25. The first-order valence-corrected chi connectivity index (χ1v) is 10.2. The van der Waals surface area contributed by atoms with Gasteiger partial charge in [-0.05, 0) is 30.3 Å². The van der Waals surface area contributed by atoms with Crippen molar-refractivity contribution in [2.24, 2.45) is 0 Å². The summed E-state index contributed by atoms with van der Waals surface area (Å²) in [5.74, 6) is -0.708. The van der Waals surface area contributed by atoms with Gasteiger partial charge >= 0.3 is 5.69 Å². The van der Waals surface area contributed by atoms with Crippen LogP contribution < -0.4 is 15.7 Å². The molecule has 150 valence electrons. The lowest BCUT2D eigenvalue weighted by Gasteiger charge is -2.27. The van der Waals surface area contributed by atoms with Gasteiger partial charge < -0.3 is 20.2 Å². The lowest BCUT2D eigenvalue weighted by atomic mass is 10.1. The highest BCUT2D eigenvalue weighted by atomic mass is 32.2. The van der Waals surface area contributed by atoms with Crippen LogP contribution in [-0.2, 0) is 14.8 Å². The van der Waals surface area contributed by atoms with Gasteiger partial charge in [-0.2, -0.15) is 0 Å². The van der Waals surface area contributed by atoms with Gasteiger partial charge in [0.15, 0.2) is 0 Å². The van der Waals surface area contributed by atoms with Crippen LogP contribution in [0, 0.1) is 0 Å². The molecule has 1 fully saturated rings. The van der Waals surface area contributed by atoms with Crippen molar-refractivity contribution in [2.75, 3.05) is 24.4 Å². The molecule has 0 unspecified atom stereocenters. The number of fused-ring (bicyclic) bond motifs is 1. The van der Waals surface area contributed by atoms with E-state index in [1.165, 1.54) is 35.2 Å². The fourth-order valence-corrected chi connectivity index (χ4v) is 4.23. The third-order valence-corrected chi connectivity index (χ3v) is 5.89. The van der Waals surface area contributed by atoms with Crippen LogP contribution in [-0.4, -0.2) is 54.7 Å². The number of anilines is 1. The van der Waals surface area contributed by atoms with E-state index in [2.05, 4.69) is 20.0 Å². The molecule has 1 aromatic heterocycles. The first-order chi connectivity index (χ1) is 13.8. The van der Waals surface area contributed by atoms with Crippen LogP contribution in [0.3, 0.4) is 0 Å². The molecule has 1 aliphatic heterocycles. The van der Waals surface area contributed by atoms with Gasteiger partial charge in [0.2, 0.25) is 5.91 Å². The molecule has 2 heterocycles. The number of sulfonamides is 1. The zero-order valence-corrected chi connectivity index (χ0v) is 15.9. The lowest BCUT2D eigenvalue weighted by molar-refractivity contribution is -0.123. The Kier molecular flexibility index (Phi) is 4.59. The number of piperazine rings is 1. The number of para-hydroxylation sites is 1. The zero-order chi connectivity index (χ0) is 20.6. The molecule has 11 heteroatoms. The SMILES string of the molecule is O=C1CN(C(=O)c2ccccc2NS(=O)(=O)c2ccc3[nH]c(=O)[nH]c3c2)CCN1. The molecular formula is C18H17N5O5S. The molecule has 0 atom stereocenters. The van der Waals surface area contributed by atoms with Crippen LogP contribution in [0.25, 0.3) is 11.0 Å². The Morgan fingerprint density at radius 3 is 2.59 bits per heavy atom. The summed E-state index contributed by atoms with van der Waals surface area (Å²) in [6, 6.07) is 10.4. The quantitative estimate of drug-likeness (QED) is 0.482. The molecule has 4 rings (SSSR count). The van der Waals surface area contributed by atoms with Crippen molar-refractivity contribution in [1.29, 1.82) is 0 Å². The average molecular weight is 415 g/mol. The normalized spacial score (nSPS) is 14.6. The number of carbonyl (C=O) groups is 2. The third-order valence-electron chi connectivity index (χ3n) is 4.53. The molecule has 2 aromatic carbocycles. The number of nitrogens with zero attached hydrogens (tertiary/aromatic N) is 1. The van der Waals surface area contributed by atoms with Gasteiger partial charge in [-0.1, -0.05) is 12.1 Å². The summed E-state index contributed by atoms with van der Waals surface area (Å²) < 4.78 is 28.1. The second-order valence-corrected chi connectivity index (χ2v) is 8.20. The number of H-pyrrole nitrogens is 2. The number of hydrogen-bond acceptors (Lipinski definition) is 5. The minimum atomic E-state index is -4.03. The van der Waals surface area contributed by atoms with Gasteiger partial charge in [0.1, 0.15) is 0 Å². The summed E-state index contributed by atoms with van der Waals surface area (Å²) in [6.07, 6.45) is 0. The van der Waals surface area contributed by atoms with E-state index in [4.69, 9.17) is 0 Å². The van der Waals surface area contributed by atoms with Gasteiger partial charge in [0, 0.05) is 13.1 Å². The first kappa shape index (κ1) is 18.7. The van der Waals surface area contributed by atoms with Crippen molar-refractivity contribution in [2.45, 2.75) is 4.90 Å². The predicted octanol–water partition coefficient (Wildman–Crippen LogP) is 0.229. The number of benzene rings is 2. The summed E-state index contributed by atoms with van der Waals surface area (Å²) >= 11 is 0. The van der Waals surface area contributed by atoms with E-state index in [0.29, 0.717) is 24.1 Å². The number of imidazole rings is 1. The number of carbonyl (C=O) groups excluding carboxylic acids is 2. The topological polar surface area (TPSA) is 144 Å². The molecule has 0 radical (unpaired) electrons. The molecule has 0 aliphatic carbocycles. The van der Waals surface area contributed by atoms with Crippen molar-refractivity contribution < 1.29 is 18.0 Å². The number of nitrogens with one attached hydrogen (secondary N) is 4. The van der Waals surface area contributed by atoms with Crippen LogP contribution in [0.15, 0.2) is 52.2 Å². The van der Waals surface area contributed by atoms with E-state index in [1.807, 2.05) is 0 Å². The lowest BCUT2D eigenvalue weighted by Crippen LogP contribution is -2.50. The Morgan fingerprint density at radius 1 is 1.03 bits per heavy atom. The summed E-state index contributed by atoms with van der Waals surface area (Å²) in [7, 11) is -4.03. The number of aromatic nitrogens is 2. The summed E-state index contributed by atoms with van der Waals surface area (Å²) in [4.78, 5) is 42.1. The zero-order valence-electron chi connectivity index (χ0n) is 15.1. The molecule has 0 bridgehead atoms. The summed E-state index contributed by atoms with van der Waals surface area (Å²) in [5, 5.41) is 2.64. The fourth-order valence-electron chi connectivity index (χ4n) is 3.12. The van der Waals surface area contributed by atoms with Crippen LogP contribution in [0.5, 0.6) is 0 Å². The smallest absolute Gasteiger partial charge is 0.323 e. The van der Waals surface area contributed by atoms with Crippen molar-refractivity contribution in [3.8, 4) is 0 Å². The second kappa shape index (κ2) is 7.09. The van der Waals surface area contributed by atoms with Crippen molar-refractivity contribution >= 4 is 38.6 Å². The first-order valence-electron chi connectivity index (χ1n) is 8.73. The van der Waals surface area contributed by atoms with E-state index < -0.39 is 21.6 Å². The van der Waals surface area contributed by atoms with Gasteiger partial charge in [0.05, 0.1) is 33.7 Å². The van der Waals surface area contributed by atoms with Gasteiger partial charge in [0.25, 0.3) is 15.9 Å². The maximum Gasteiger partial charge on any atom is 0.323 e. The molecule has 2 amide bonds. The second-order valence-electron chi connectivity index (χ2n) is 6.51. The maximum absolute atomic E-state index is 12.9. The minimum Gasteiger partial charge on any atom is -0.353 e. The van der Waals surface area contributed by atoms with Gasteiger partial charge in [-0.15, -0.1) is 0 Å². The highest BCUT2D eigenvalue weighted by Crippen LogP contribution is 2.23. The molecule has 29 heavy (non-hydrogen) atoms. The fraction of sp³-hybridized carbons (Fsp3) is 0.167. The van der Waals surface area contributed by atoms with E-state index in [1.54, 1.807) is 12.1 Å². The summed E-state index contributed by atoms with van der Waals surface area (Å²) in [5.41, 5.74) is 0.631. The number of hydrogen-bond donors (Lipinski definition) is 4. The van der Waals surface area contributed by atoms with Crippen LogP contribution in [0.4, 0.5) is 5.69 Å². The predicted molar refractivity (Wildman–Crippen MR) is 105 cm³/mol. The van der Waals surface area contributed by atoms with Crippen molar-refractivity contribution in [1.82, 2.24) is 20.2 Å². The monoisotopic (exact) mass is 415 g/mol. The number of rotatable bonds is 4. The maximum atomic E-state index is 12.9. The Hall–Kier alpha value is -3.60. The number of aromatic amines is 2.